The Bertz CT molecular complexity index is 495. The number of rotatable bonds is 2. The number of hydrogen-bond acceptors (Lipinski definition) is 4. The second-order valence-electron chi connectivity index (χ2n) is 2.95. The van der Waals surface area contributed by atoms with Gasteiger partial charge in [-0.1, -0.05) is 0 Å². The molecule has 0 aliphatic rings. The van der Waals surface area contributed by atoms with E-state index in [-0.39, 0.29) is 11.5 Å². The molecule has 2 heterocycles. The van der Waals surface area contributed by atoms with Crippen LogP contribution in [0.5, 0.6) is 0 Å². The van der Waals surface area contributed by atoms with Crippen LogP contribution in [0.2, 0.25) is 0 Å². The Kier molecular flexibility index (Phi) is 2.58. The number of pyridine rings is 1. The van der Waals surface area contributed by atoms with E-state index >= 15 is 0 Å². The van der Waals surface area contributed by atoms with Crippen LogP contribution in [0.1, 0.15) is 10.5 Å². The maximum atomic E-state index is 10.9. The number of hydrogen-bond donors (Lipinski definition) is 1. The average molecular weight is 196 g/mol. The maximum absolute atomic E-state index is 10.9. The Hall–Kier alpha value is -1.57. The summed E-state index contributed by atoms with van der Waals surface area (Å²) in [5.41, 5.74) is 0.585. The zero-order valence-electron chi connectivity index (χ0n) is 7.97. The fourth-order valence-corrected chi connectivity index (χ4v) is 1.27. The summed E-state index contributed by atoms with van der Waals surface area (Å²) in [5, 5.41) is 8.90. The van der Waals surface area contributed by atoms with Crippen LogP contribution < -0.4 is 4.56 Å². The Morgan fingerprint density at radius 1 is 1.40 bits per heavy atom. The Balaban J connectivity index is 2.58. The number of aromatic nitrogens is 2. The quantitative estimate of drug-likeness (QED) is 0.695. The summed E-state index contributed by atoms with van der Waals surface area (Å²) in [5.74, 6) is -0.832. The van der Waals surface area contributed by atoms with Crippen LogP contribution in [0, 0.1) is 0 Å². The summed E-state index contributed by atoms with van der Waals surface area (Å²) in [6.07, 6.45) is 3.14. The van der Waals surface area contributed by atoms with Gasteiger partial charge >= 0.3 is 94.1 Å². The molecule has 6 heteroatoms. The molecule has 0 aliphatic carbocycles. The molecule has 15 heavy (non-hydrogen) atoms. The van der Waals surface area contributed by atoms with Crippen LogP contribution >= 0.6 is 0 Å². The van der Waals surface area contributed by atoms with Crippen molar-refractivity contribution in [1.29, 1.82) is 0 Å². The second-order valence-corrected chi connectivity index (χ2v) is 2.95. The summed E-state index contributed by atoms with van der Waals surface area (Å²) >= 11 is 1.61. The number of oxazole rings is 1. The van der Waals surface area contributed by atoms with Crippen molar-refractivity contribution in [3.63, 3.8) is 0 Å². The third-order valence-corrected chi connectivity index (χ3v) is 1.88. The Morgan fingerprint density at radius 2 is 2.07 bits per heavy atom. The number of nitrogens with zero attached hydrogens (tertiary/aromatic N) is 2. The van der Waals surface area contributed by atoms with Crippen molar-refractivity contribution in [3.8, 4) is 11.3 Å². The molecular formula is C9H5LiN2O3. The molecule has 0 unspecified atom stereocenters. The first-order chi connectivity index (χ1) is 7.18. The van der Waals surface area contributed by atoms with Crippen LogP contribution in [-0.2, 0) is 0 Å². The molecule has 5 nitrogen and oxygen atoms in total. The standard InChI is InChI=1S/C9H5N2O3.Li/c12-9(13)7-8(14-5-11-7)6-1-3-10-4-2-6;/h1-4H,(H,12,13);. The molecule has 2 aromatic rings. The van der Waals surface area contributed by atoms with Crippen molar-refractivity contribution in [3.05, 3.63) is 30.2 Å². The fourth-order valence-electron chi connectivity index (χ4n) is 1.27. The van der Waals surface area contributed by atoms with Gasteiger partial charge in [-0.2, -0.15) is 0 Å². The molecule has 0 fully saturated rings. The van der Waals surface area contributed by atoms with Gasteiger partial charge in [-0.25, -0.2) is 0 Å². The van der Waals surface area contributed by atoms with E-state index in [1.165, 1.54) is 0 Å². The van der Waals surface area contributed by atoms with Gasteiger partial charge in [-0.15, -0.1) is 0 Å². The van der Waals surface area contributed by atoms with Gasteiger partial charge in [0.15, 0.2) is 0 Å². The van der Waals surface area contributed by atoms with E-state index in [1.807, 2.05) is 0 Å². The molecule has 2 aromatic heterocycles. The minimum atomic E-state index is -1.10. The zero-order chi connectivity index (χ0) is 10.8. The summed E-state index contributed by atoms with van der Waals surface area (Å²) < 4.78 is 5.57. The van der Waals surface area contributed by atoms with Crippen molar-refractivity contribution in [2.75, 3.05) is 0 Å². The average Bonchev–Trinajstić information content (AvgIpc) is 2.62. The summed E-state index contributed by atoms with van der Waals surface area (Å²) in [4.78, 5) is 18.5. The molecule has 0 radical (unpaired) electrons. The third kappa shape index (κ3) is 1.93. The number of aromatic carboxylic acids is 1. The van der Waals surface area contributed by atoms with Crippen molar-refractivity contribution in [2.24, 2.45) is 0 Å². The summed E-state index contributed by atoms with van der Waals surface area (Å²) in [6, 6.07) is 3.35. The summed E-state index contributed by atoms with van der Waals surface area (Å²) in [6.45, 7) is 0. The van der Waals surface area contributed by atoms with Gasteiger partial charge in [0.1, 0.15) is 0 Å². The Labute approximate surface area is 94.4 Å². The first-order valence-corrected chi connectivity index (χ1v) is 4.29. The number of carbonyl (C=O) groups is 1. The minimum absolute atomic E-state index is 0.0706. The topological polar surface area (TPSA) is 76.2 Å². The van der Waals surface area contributed by atoms with Crippen LogP contribution in [0.3, 0.4) is 0 Å². The monoisotopic (exact) mass is 196 g/mol. The molecular weight excluding hydrogens is 191 g/mol. The van der Waals surface area contributed by atoms with E-state index in [1.54, 1.807) is 42.2 Å². The van der Waals surface area contributed by atoms with Crippen LogP contribution in [0.25, 0.3) is 11.3 Å². The predicted molar refractivity (Wildman–Crippen MR) is 52.1 cm³/mol. The van der Waals surface area contributed by atoms with Gasteiger partial charge < -0.3 is 0 Å². The number of carboxylic acids is 1. The van der Waals surface area contributed by atoms with E-state index < -0.39 is 5.97 Å². The van der Waals surface area contributed by atoms with Gasteiger partial charge in [0.05, 0.1) is 0 Å². The second kappa shape index (κ2) is 3.89. The van der Waals surface area contributed by atoms with E-state index in [0.29, 0.717) is 10.1 Å². The molecule has 0 saturated carbocycles. The van der Waals surface area contributed by atoms with E-state index in [9.17, 15) is 4.79 Å². The third-order valence-electron chi connectivity index (χ3n) is 1.88. The molecule has 0 saturated heterocycles. The first-order valence-electron chi connectivity index (χ1n) is 4.29. The molecule has 0 atom stereocenters. The normalized spacial score (nSPS) is 10.3. The summed E-state index contributed by atoms with van der Waals surface area (Å²) in [7, 11) is 0. The van der Waals surface area contributed by atoms with Gasteiger partial charge in [-0.05, 0) is 0 Å². The molecule has 70 valence electrons. The molecule has 0 bridgehead atoms. The van der Waals surface area contributed by atoms with Gasteiger partial charge in [0.2, 0.25) is 0 Å². The van der Waals surface area contributed by atoms with Crippen LogP contribution in [0.15, 0.2) is 28.9 Å². The SMILES string of the molecule is [Li][c]1nc(C(=O)O)c(-c2ccncc2)o1. The van der Waals surface area contributed by atoms with Crippen molar-refractivity contribution in [2.45, 2.75) is 0 Å². The van der Waals surface area contributed by atoms with Gasteiger partial charge in [-0.3, -0.25) is 0 Å². The molecule has 0 aromatic carbocycles. The van der Waals surface area contributed by atoms with E-state index in [0.717, 1.165) is 0 Å². The van der Waals surface area contributed by atoms with Crippen LogP contribution in [-0.4, -0.2) is 38.8 Å². The zero-order valence-corrected chi connectivity index (χ0v) is 7.97. The first kappa shape index (κ1) is 9.96. The van der Waals surface area contributed by atoms with Gasteiger partial charge in [0.25, 0.3) is 0 Å². The molecule has 1 N–H and O–H groups in total. The fraction of sp³-hybridized carbons (Fsp3) is 0. The Morgan fingerprint density at radius 3 is 2.67 bits per heavy atom. The van der Waals surface area contributed by atoms with Crippen molar-refractivity contribution < 1.29 is 14.3 Å². The van der Waals surface area contributed by atoms with Crippen molar-refractivity contribution in [1.82, 2.24) is 9.97 Å². The predicted octanol–water partition coefficient (Wildman–Crippen LogP) is 0.229. The van der Waals surface area contributed by atoms with Gasteiger partial charge in [0, 0.05) is 0 Å². The molecule has 0 spiro atoms. The molecule has 0 amide bonds. The van der Waals surface area contributed by atoms with E-state index in [2.05, 4.69) is 9.97 Å². The molecule has 0 aliphatic heterocycles. The molecule has 2 rings (SSSR count). The van der Waals surface area contributed by atoms with Crippen LogP contribution in [0.4, 0.5) is 0 Å². The van der Waals surface area contributed by atoms with Crippen molar-refractivity contribution >= 4 is 28.2 Å². The number of carboxylic acid groups (broad SMARTS) is 1. The van der Waals surface area contributed by atoms with E-state index in [4.69, 9.17) is 9.52 Å².